The Hall–Kier alpha value is -2.43. The minimum absolute atomic E-state index is 0.0432. The average Bonchev–Trinajstić information content (AvgIpc) is 2.47. The fourth-order valence-electron chi connectivity index (χ4n) is 1.96. The van der Waals surface area contributed by atoms with Gasteiger partial charge in [-0.05, 0) is 36.8 Å². The lowest BCUT2D eigenvalue weighted by Crippen LogP contribution is -2.27. The normalized spacial score (nSPS) is 11.8. The van der Waals surface area contributed by atoms with Crippen LogP contribution in [0.3, 0.4) is 0 Å². The third kappa shape index (κ3) is 3.37. The standard InChI is InChI=1S/C16H15F2NO2/c1-10(11-7-8-15(21-2)14(18)9-11)19-16(20)12-5-3-4-6-13(12)17/h3-10H,1-2H3,(H,19,20)/t10-/m0/s1. The van der Waals surface area contributed by atoms with Crippen LogP contribution >= 0.6 is 0 Å². The lowest BCUT2D eigenvalue weighted by molar-refractivity contribution is 0.0935. The fraction of sp³-hybridized carbons (Fsp3) is 0.188. The van der Waals surface area contributed by atoms with Crippen molar-refractivity contribution in [1.29, 1.82) is 0 Å². The monoisotopic (exact) mass is 291 g/mol. The van der Waals surface area contributed by atoms with Crippen molar-refractivity contribution in [1.82, 2.24) is 5.32 Å². The van der Waals surface area contributed by atoms with Crippen molar-refractivity contribution < 1.29 is 18.3 Å². The Balaban J connectivity index is 2.14. The van der Waals surface area contributed by atoms with Crippen molar-refractivity contribution in [2.24, 2.45) is 0 Å². The van der Waals surface area contributed by atoms with E-state index in [-0.39, 0.29) is 11.3 Å². The number of amides is 1. The van der Waals surface area contributed by atoms with E-state index in [1.54, 1.807) is 19.1 Å². The van der Waals surface area contributed by atoms with Crippen molar-refractivity contribution in [3.63, 3.8) is 0 Å². The summed E-state index contributed by atoms with van der Waals surface area (Å²) in [6.45, 7) is 1.69. The number of hydrogen-bond acceptors (Lipinski definition) is 2. The third-order valence-corrected chi connectivity index (χ3v) is 3.14. The number of hydrogen-bond donors (Lipinski definition) is 1. The lowest BCUT2D eigenvalue weighted by atomic mass is 10.1. The topological polar surface area (TPSA) is 38.3 Å². The summed E-state index contributed by atoms with van der Waals surface area (Å²) in [6.07, 6.45) is 0. The zero-order valence-electron chi connectivity index (χ0n) is 11.7. The van der Waals surface area contributed by atoms with E-state index >= 15 is 0 Å². The molecule has 0 heterocycles. The molecule has 0 radical (unpaired) electrons. The van der Waals surface area contributed by atoms with Crippen LogP contribution in [-0.2, 0) is 0 Å². The molecule has 1 atom stereocenters. The van der Waals surface area contributed by atoms with Gasteiger partial charge in [0.15, 0.2) is 11.6 Å². The van der Waals surface area contributed by atoms with Crippen molar-refractivity contribution in [2.45, 2.75) is 13.0 Å². The zero-order valence-corrected chi connectivity index (χ0v) is 11.7. The first-order chi connectivity index (χ1) is 10.0. The number of halogens is 2. The van der Waals surface area contributed by atoms with E-state index in [9.17, 15) is 13.6 Å². The maximum atomic E-state index is 13.6. The first kappa shape index (κ1) is 15.0. The summed E-state index contributed by atoms with van der Waals surface area (Å²) >= 11 is 0. The fourth-order valence-corrected chi connectivity index (χ4v) is 1.96. The molecule has 3 nitrogen and oxygen atoms in total. The first-order valence-corrected chi connectivity index (χ1v) is 6.41. The molecule has 0 bridgehead atoms. The Morgan fingerprint density at radius 3 is 2.48 bits per heavy atom. The van der Waals surface area contributed by atoms with Gasteiger partial charge in [0.2, 0.25) is 0 Å². The van der Waals surface area contributed by atoms with Crippen LogP contribution in [0.2, 0.25) is 0 Å². The zero-order chi connectivity index (χ0) is 15.4. The quantitative estimate of drug-likeness (QED) is 0.936. The van der Waals surface area contributed by atoms with Crippen LogP contribution in [0.25, 0.3) is 0 Å². The summed E-state index contributed by atoms with van der Waals surface area (Å²) in [6, 6.07) is 9.65. The Kier molecular flexibility index (Phi) is 4.52. The van der Waals surface area contributed by atoms with Gasteiger partial charge in [0.1, 0.15) is 5.82 Å². The Bertz CT molecular complexity index is 658. The molecule has 1 amide bonds. The molecule has 1 N–H and O–H groups in total. The van der Waals surface area contributed by atoms with Crippen molar-refractivity contribution in [3.05, 3.63) is 65.2 Å². The van der Waals surface area contributed by atoms with Gasteiger partial charge in [0.05, 0.1) is 18.7 Å². The van der Waals surface area contributed by atoms with Crippen LogP contribution < -0.4 is 10.1 Å². The van der Waals surface area contributed by atoms with Gasteiger partial charge in [-0.3, -0.25) is 4.79 Å². The van der Waals surface area contributed by atoms with Gasteiger partial charge in [-0.2, -0.15) is 0 Å². The van der Waals surface area contributed by atoms with Gasteiger partial charge >= 0.3 is 0 Å². The molecule has 0 spiro atoms. The minimum atomic E-state index is -0.594. The van der Waals surface area contributed by atoms with E-state index in [1.807, 2.05) is 0 Å². The van der Waals surface area contributed by atoms with E-state index < -0.39 is 23.6 Å². The molecule has 21 heavy (non-hydrogen) atoms. The molecule has 0 fully saturated rings. The van der Waals surface area contributed by atoms with E-state index in [1.165, 1.54) is 37.4 Å². The van der Waals surface area contributed by atoms with Gasteiger partial charge in [0, 0.05) is 0 Å². The molecule has 2 aromatic rings. The maximum absolute atomic E-state index is 13.6. The number of nitrogens with one attached hydrogen (secondary N) is 1. The summed E-state index contributed by atoms with van der Waals surface area (Å²) in [7, 11) is 1.38. The van der Waals surface area contributed by atoms with Crippen LogP contribution in [-0.4, -0.2) is 13.0 Å². The molecule has 110 valence electrons. The predicted molar refractivity (Wildman–Crippen MR) is 75.2 cm³/mol. The van der Waals surface area contributed by atoms with Gasteiger partial charge in [-0.25, -0.2) is 8.78 Å². The number of ether oxygens (including phenoxy) is 1. The Labute approximate surface area is 121 Å². The molecule has 0 saturated carbocycles. The maximum Gasteiger partial charge on any atom is 0.254 e. The average molecular weight is 291 g/mol. The first-order valence-electron chi connectivity index (χ1n) is 6.41. The molecule has 0 aromatic heterocycles. The Morgan fingerprint density at radius 2 is 1.86 bits per heavy atom. The van der Waals surface area contributed by atoms with Gasteiger partial charge < -0.3 is 10.1 Å². The molecule has 0 aliphatic rings. The van der Waals surface area contributed by atoms with Crippen molar-refractivity contribution >= 4 is 5.91 Å². The van der Waals surface area contributed by atoms with Crippen molar-refractivity contribution in [2.75, 3.05) is 7.11 Å². The summed E-state index contributed by atoms with van der Waals surface area (Å²) in [5.74, 6) is -1.52. The summed E-state index contributed by atoms with van der Waals surface area (Å²) in [5.41, 5.74) is 0.524. The summed E-state index contributed by atoms with van der Waals surface area (Å²) < 4.78 is 32.0. The van der Waals surface area contributed by atoms with Crippen LogP contribution in [0, 0.1) is 11.6 Å². The highest BCUT2D eigenvalue weighted by molar-refractivity contribution is 5.94. The largest absolute Gasteiger partial charge is 0.494 e. The van der Waals surface area contributed by atoms with E-state index in [4.69, 9.17) is 4.74 Å². The highest BCUT2D eigenvalue weighted by atomic mass is 19.1. The number of methoxy groups -OCH3 is 1. The van der Waals surface area contributed by atoms with E-state index in [0.717, 1.165) is 0 Å². The number of benzene rings is 2. The molecule has 0 unspecified atom stereocenters. The second-order valence-electron chi connectivity index (χ2n) is 4.57. The van der Waals surface area contributed by atoms with Crippen LogP contribution in [0.5, 0.6) is 5.75 Å². The second-order valence-corrected chi connectivity index (χ2v) is 4.57. The van der Waals surface area contributed by atoms with E-state index in [0.29, 0.717) is 5.56 Å². The molecule has 0 aliphatic carbocycles. The second kappa shape index (κ2) is 6.35. The van der Waals surface area contributed by atoms with Gasteiger partial charge in [-0.15, -0.1) is 0 Å². The van der Waals surface area contributed by atoms with Crippen LogP contribution in [0.15, 0.2) is 42.5 Å². The summed E-state index contributed by atoms with van der Waals surface area (Å²) in [4.78, 5) is 12.0. The minimum Gasteiger partial charge on any atom is -0.494 e. The predicted octanol–water partition coefficient (Wildman–Crippen LogP) is 3.46. The molecule has 2 aromatic carbocycles. The smallest absolute Gasteiger partial charge is 0.254 e. The van der Waals surface area contributed by atoms with Crippen LogP contribution in [0.4, 0.5) is 8.78 Å². The number of carbonyl (C=O) groups is 1. The third-order valence-electron chi connectivity index (χ3n) is 3.14. The highest BCUT2D eigenvalue weighted by Crippen LogP contribution is 2.22. The Morgan fingerprint density at radius 1 is 1.14 bits per heavy atom. The van der Waals surface area contributed by atoms with Crippen molar-refractivity contribution in [3.8, 4) is 5.75 Å². The number of rotatable bonds is 4. The molecule has 5 heteroatoms. The SMILES string of the molecule is COc1ccc([C@H](C)NC(=O)c2ccccc2F)cc1F. The lowest BCUT2D eigenvalue weighted by Gasteiger charge is -2.15. The molecular weight excluding hydrogens is 276 g/mol. The summed E-state index contributed by atoms with van der Waals surface area (Å²) in [5, 5.41) is 2.63. The molecular formula is C16H15F2NO2. The molecule has 2 rings (SSSR count). The van der Waals surface area contributed by atoms with Crippen LogP contribution in [0.1, 0.15) is 28.9 Å². The van der Waals surface area contributed by atoms with Gasteiger partial charge in [-0.1, -0.05) is 18.2 Å². The molecule has 0 saturated heterocycles. The molecule has 0 aliphatic heterocycles. The van der Waals surface area contributed by atoms with E-state index in [2.05, 4.69) is 5.32 Å². The van der Waals surface area contributed by atoms with Gasteiger partial charge in [0.25, 0.3) is 5.91 Å². The number of carbonyl (C=O) groups excluding carboxylic acids is 1. The highest BCUT2D eigenvalue weighted by Gasteiger charge is 2.15.